The van der Waals surface area contributed by atoms with E-state index in [2.05, 4.69) is 4.74 Å². The number of carbonyl (C=O) groups excluding carboxylic acids is 1. The highest BCUT2D eigenvalue weighted by Crippen LogP contribution is 2.29. The average Bonchev–Trinajstić information content (AvgIpc) is 2.35. The minimum Gasteiger partial charge on any atom is -0.465 e. The summed E-state index contributed by atoms with van der Waals surface area (Å²) in [7, 11) is 1.12. The van der Waals surface area contributed by atoms with E-state index in [1.54, 1.807) is 13.0 Å². The van der Waals surface area contributed by atoms with Gasteiger partial charge in [0.1, 0.15) is 0 Å². The molecule has 0 aromatic heterocycles. The van der Waals surface area contributed by atoms with Gasteiger partial charge in [-0.3, -0.25) is 0 Å². The maximum Gasteiger partial charge on any atom is 0.338 e. The number of methoxy groups -OCH3 is 1. The van der Waals surface area contributed by atoms with Crippen molar-refractivity contribution in [1.29, 1.82) is 5.26 Å². The normalized spacial score (nSPS) is 10.1. The van der Waals surface area contributed by atoms with Gasteiger partial charge in [-0.05, 0) is 18.1 Å². The van der Waals surface area contributed by atoms with Crippen LogP contribution in [0, 0.1) is 11.3 Å². The van der Waals surface area contributed by atoms with Crippen LogP contribution in [0.4, 0.5) is 8.78 Å². The van der Waals surface area contributed by atoms with Crippen LogP contribution in [-0.2, 0) is 11.2 Å². The number of nitriles is 1. The number of ether oxygens (including phenoxy) is 1. The fourth-order valence-corrected chi connectivity index (χ4v) is 1.63. The van der Waals surface area contributed by atoms with Crippen molar-refractivity contribution in [1.82, 2.24) is 0 Å². The van der Waals surface area contributed by atoms with Gasteiger partial charge >= 0.3 is 5.97 Å². The third kappa shape index (κ3) is 2.41. The van der Waals surface area contributed by atoms with Crippen molar-refractivity contribution in [3.8, 4) is 6.07 Å². The summed E-state index contributed by atoms with van der Waals surface area (Å²) in [5.74, 6) is -0.839. The van der Waals surface area contributed by atoms with Crippen LogP contribution >= 0.6 is 0 Å². The third-order valence-corrected chi connectivity index (χ3v) is 2.44. The topological polar surface area (TPSA) is 50.1 Å². The Morgan fingerprint density at radius 2 is 2.18 bits per heavy atom. The molecule has 0 aliphatic heterocycles. The first-order chi connectivity index (χ1) is 8.06. The number of benzene rings is 1. The highest BCUT2D eigenvalue weighted by Gasteiger charge is 2.25. The standard InChI is InChI=1S/C12H11F2NO2/c1-3-7-4-5-8(6-15)9(11(13)14)10(7)12(16)17-2/h4-5,11H,3H2,1-2H3. The van der Waals surface area contributed by atoms with Gasteiger partial charge in [0.05, 0.1) is 29.9 Å². The molecule has 0 atom stereocenters. The summed E-state index contributed by atoms with van der Waals surface area (Å²) < 4.78 is 30.3. The number of esters is 1. The first-order valence-corrected chi connectivity index (χ1v) is 4.99. The molecule has 0 heterocycles. The van der Waals surface area contributed by atoms with Gasteiger partial charge in [-0.1, -0.05) is 13.0 Å². The minimum absolute atomic E-state index is 0.191. The molecule has 3 nitrogen and oxygen atoms in total. The fraction of sp³-hybridized carbons (Fsp3) is 0.333. The SMILES string of the molecule is CCc1ccc(C#N)c(C(F)F)c1C(=O)OC. The second-order valence-electron chi connectivity index (χ2n) is 3.32. The molecule has 0 unspecified atom stereocenters. The van der Waals surface area contributed by atoms with Gasteiger partial charge < -0.3 is 4.74 Å². The number of nitrogens with zero attached hydrogens (tertiary/aromatic N) is 1. The van der Waals surface area contributed by atoms with Crippen LogP contribution in [-0.4, -0.2) is 13.1 Å². The molecule has 0 N–H and O–H groups in total. The van der Waals surface area contributed by atoms with Crippen molar-refractivity contribution in [3.05, 3.63) is 34.4 Å². The number of rotatable bonds is 3. The second-order valence-corrected chi connectivity index (χ2v) is 3.32. The summed E-state index contributed by atoms with van der Waals surface area (Å²) >= 11 is 0. The molecule has 0 saturated heterocycles. The Labute approximate surface area is 97.6 Å². The molecule has 90 valence electrons. The first-order valence-electron chi connectivity index (χ1n) is 4.99. The summed E-state index contributed by atoms with van der Waals surface area (Å²) in [6.07, 6.45) is -2.47. The van der Waals surface area contributed by atoms with Gasteiger partial charge in [0.25, 0.3) is 6.43 Å². The molecule has 1 aromatic rings. The molecule has 17 heavy (non-hydrogen) atoms. The maximum atomic E-state index is 12.9. The molecule has 1 rings (SSSR count). The zero-order valence-corrected chi connectivity index (χ0v) is 9.46. The van der Waals surface area contributed by atoms with Gasteiger partial charge in [-0.15, -0.1) is 0 Å². The molecule has 0 saturated carbocycles. The minimum atomic E-state index is -2.88. The highest BCUT2D eigenvalue weighted by molar-refractivity contribution is 5.93. The van der Waals surface area contributed by atoms with Crippen molar-refractivity contribution in [2.24, 2.45) is 0 Å². The number of hydrogen-bond donors (Lipinski definition) is 0. The van der Waals surface area contributed by atoms with Crippen LogP contribution in [0.5, 0.6) is 0 Å². The first kappa shape index (κ1) is 13.1. The maximum absolute atomic E-state index is 12.9. The zero-order valence-electron chi connectivity index (χ0n) is 9.46. The molecule has 0 amide bonds. The molecule has 0 fully saturated rings. The summed E-state index contributed by atoms with van der Waals surface area (Å²) in [6.45, 7) is 1.74. The average molecular weight is 239 g/mol. The lowest BCUT2D eigenvalue weighted by Gasteiger charge is -2.13. The molecule has 5 heteroatoms. The van der Waals surface area contributed by atoms with E-state index in [1.165, 1.54) is 12.1 Å². The number of carbonyl (C=O) groups is 1. The Bertz CT molecular complexity index is 478. The number of alkyl halides is 2. The predicted octanol–water partition coefficient (Wildman–Crippen LogP) is 2.84. The largest absolute Gasteiger partial charge is 0.465 e. The Morgan fingerprint density at radius 3 is 2.59 bits per heavy atom. The van der Waals surface area contributed by atoms with E-state index in [0.29, 0.717) is 12.0 Å². The Hall–Kier alpha value is -1.96. The lowest BCUT2D eigenvalue weighted by atomic mass is 9.95. The van der Waals surface area contributed by atoms with E-state index in [0.717, 1.165) is 7.11 Å². The molecular formula is C12H11F2NO2. The van der Waals surface area contributed by atoms with Crippen LogP contribution in [0.1, 0.15) is 40.4 Å². The van der Waals surface area contributed by atoms with Crippen LogP contribution < -0.4 is 0 Å². The number of halogens is 2. The lowest BCUT2D eigenvalue weighted by Crippen LogP contribution is -2.11. The van der Waals surface area contributed by atoms with Gasteiger partial charge in [-0.25, -0.2) is 13.6 Å². The highest BCUT2D eigenvalue weighted by atomic mass is 19.3. The van der Waals surface area contributed by atoms with Gasteiger partial charge in [-0.2, -0.15) is 5.26 Å². The van der Waals surface area contributed by atoms with E-state index in [-0.39, 0.29) is 11.1 Å². The molecule has 0 aliphatic carbocycles. The van der Waals surface area contributed by atoms with Crippen molar-refractivity contribution in [2.75, 3.05) is 7.11 Å². The van der Waals surface area contributed by atoms with E-state index in [1.807, 2.05) is 0 Å². The van der Waals surface area contributed by atoms with Crippen molar-refractivity contribution in [2.45, 2.75) is 19.8 Å². The fourth-order valence-electron chi connectivity index (χ4n) is 1.63. The molecule has 0 bridgehead atoms. The third-order valence-electron chi connectivity index (χ3n) is 2.44. The van der Waals surface area contributed by atoms with Crippen molar-refractivity contribution >= 4 is 5.97 Å². The molecule has 0 aliphatic rings. The van der Waals surface area contributed by atoms with Crippen molar-refractivity contribution < 1.29 is 18.3 Å². The number of hydrogen-bond acceptors (Lipinski definition) is 3. The van der Waals surface area contributed by atoms with E-state index >= 15 is 0 Å². The second kappa shape index (κ2) is 5.39. The molecular weight excluding hydrogens is 228 g/mol. The lowest BCUT2D eigenvalue weighted by molar-refractivity contribution is 0.0588. The van der Waals surface area contributed by atoms with Gasteiger partial charge in [0.2, 0.25) is 0 Å². The molecule has 0 radical (unpaired) electrons. The predicted molar refractivity (Wildman–Crippen MR) is 56.8 cm³/mol. The summed E-state index contributed by atoms with van der Waals surface area (Å²) in [4.78, 5) is 11.5. The van der Waals surface area contributed by atoms with E-state index in [9.17, 15) is 13.6 Å². The monoisotopic (exact) mass is 239 g/mol. The smallest absolute Gasteiger partial charge is 0.338 e. The Balaban J connectivity index is 3.59. The van der Waals surface area contributed by atoms with Crippen molar-refractivity contribution in [3.63, 3.8) is 0 Å². The Morgan fingerprint density at radius 1 is 1.53 bits per heavy atom. The van der Waals surface area contributed by atoms with Crippen LogP contribution in [0.2, 0.25) is 0 Å². The van der Waals surface area contributed by atoms with Crippen LogP contribution in [0.3, 0.4) is 0 Å². The van der Waals surface area contributed by atoms with E-state index in [4.69, 9.17) is 5.26 Å². The van der Waals surface area contributed by atoms with Crippen LogP contribution in [0.25, 0.3) is 0 Å². The quantitative estimate of drug-likeness (QED) is 0.762. The summed E-state index contributed by atoms with van der Waals surface area (Å²) in [5, 5.41) is 8.77. The van der Waals surface area contributed by atoms with E-state index < -0.39 is 18.0 Å². The Kier molecular flexibility index (Phi) is 4.16. The van der Waals surface area contributed by atoms with Gasteiger partial charge in [0.15, 0.2) is 0 Å². The summed E-state index contributed by atoms with van der Waals surface area (Å²) in [6, 6.07) is 4.45. The van der Waals surface area contributed by atoms with Gasteiger partial charge in [0, 0.05) is 0 Å². The summed E-state index contributed by atoms with van der Waals surface area (Å²) in [5.41, 5.74) is -0.480. The zero-order chi connectivity index (χ0) is 13.0. The molecule has 0 spiro atoms. The molecule has 1 aromatic carbocycles. The van der Waals surface area contributed by atoms with Crippen LogP contribution in [0.15, 0.2) is 12.1 Å². The number of aryl methyl sites for hydroxylation is 1.